The molecule has 4 rings (SSSR count). The molecule has 4 nitrogen and oxygen atoms in total. The monoisotopic (exact) mass is 361 g/mol. The summed E-state index contributed by atoms with van der Waals surface area (Å²) < 4.78 is 0. The van der Waals surface area contributed by atoms with Gasteiger partial charge in [0, 0.05) is 35.8 Å². The van der Waals surface area contributed by atoms with Crippen molar-refractivity contribution in [3.05, 3.63) is 39.9 Å². The number of nitrogens with one attached hydrogen (secondary N) is 1. The second-order valence-corrected chi connectivity index (χ2v) is 8.05. The van der Waals surface area contributed by atoms with Crippen LogP contribution >= 0.6 is 22.9 Å². The summed E-state index contributed by atoms with van der Waals surface area (Å²) in [6.45, 7) is 3.56. The van der Waals surface area contributed by atoms with Crippen molar-refractivity contribution in [2.75, 3.05) is 13.1 Å². The number of hydrogen-bond donors (Lipinski definition) is 1. The molecule has 2 atom stereocenters. The van der Waals surface area contributed by atoms with Crippen molar-refractivity contribution >= 4 is 28.8 Å². The predicted octanol–water partition coefficient (Wildman–Crippen LogP) is 3.74. The summed E-state index contributed by atoms with van der Waals surface area (Å²) in [7, 11) is 0. The molecule has 126 valence electrons. The maximum absolute atomic E-state index is 13.0. The fourth-order valence-electron chi connectivity index (χ4n) is 3.58. The average Bonchev–Trinajstić information content (AvgIpc) is 3.10. The number of fused-ring (bicyclic) bond motifs is 2. The summed E-state index contributed by atoms with van der Waals surface area (Å²) in [5.41, 5.74) is 1.82. The normalized spacial score (nSPS) is 23.3. The molecule has 1 N–H and O–H groups in total. The van der Waals surface area contributed by atoms with E-state index >= 15 is 0 Å². The van der Waals surface area contributed by atoms with E-state index in [1.165, 1.54) is 24.2 Å². The van der Waals surface area contributed by atoms with Crippen LogP contribution in [0.4, 0.5) is 0 Å². The largest absolute Gasteiger partial charge is 0.336 e. The van der Waals surface area contributed by atoms with E-state index in [2.05, 4.69) is 10.3 Å². The number of amides is 1. The Balaban J connectivity index is 1.57. The first-order valence-electron chi connectivity index (χ1n) is 8.39. The van der Waals surface area contributed by atoms with Crippen LogP contribution in [0.25, 0.3) is 10.6 Å². The summed E-state index contributed by atoms with van der Waals surface area (Å²) in [5, 5.41) is 5.20. The minimum Gasteiger partial charge on any atom is -0.336 e. The molecule has 2 unspecified atom stereocenters. The number of aryl methyl sites for hydroxylation is 1. The topological polar surface area (TPSA) is 45.2 Å². The van der Waals surface area contributed by atoms with Crippen LogP contribution in [-0.4, -0.2) is 41.0 Å². The van der Waals surface area contributed by atoms with Crippen molar-refractivity contribution in [3.8, 4) is 10.6 Å². The molecule has 0 spiro atoms. The minimum absolute atomic E-state index is 0.125. The Morgan fingerprint density at radius 3 is 2.79 bits per heavy atom. The highest BCUT2D eigenvalue weighted by atomic mass is 35.5. The second-order valence-electron chi connectivity index (χ2n) is 6.62. The lowest BCUT2D eigenvalue weighted by molar-refractivity contribution is 0.0752. The van der Waals surface area contributed by atoms with Gasteiger partial charge in [-0.1, -0.05) is 23.7 Å². The molecule has 1 aromatic carbocycles. The van der Waals surface area contributed by atoms with E-state index in [1.807, 2.05) is 36.1 Å². The highest BCUT2D eigenvalue weighted by Crippen LogP contribution is 2.30. The van der Waals surface area contributed by atoms with Gasteiger partial charge in [-0.15, -0.1) is 11.3 Å². The maximum atomic E-state index is 13.0. The van der Waals surface area contributed by atoms with Gasteiger partial charge in [-0.3, -0.25) is 4.79 Å². The zero-order valence-corrected chi connectivity index (χ0v) is 15.2. The Morgan fingerprint density at radius 2 is 2.00 bits per heavy atom. The molecule has 24 heavy (non-hydrogen) atoms. The summed E-state index contributed by atoms with van der Waals surface area (Å²) >= 11 is 7.43. The lowest BCUT2D eigenvalue weighted by Crippen LogP contribution is -2.39. The molecular formula is C18H20ClN3OS. The quantitative estimate of drug-likeness (QED) is 0.886. The number of carbonyl (C=O) groups is 1. The molecular weight excluding hydrogens is 342 g/mol. The number of hydrogen-bond acceptors (Lipinski definition) is 4. The smallest absolute Gasteiger partial charge is 0.265 e. The van der Waals surface area contributed by atoms with Crippen LogP contribution in [0.1, 0.15) is 34.6 Å². The zero-order chi connectivity index (χ0) is 16.7. The molecule has 2 bridgehead atoms. The standard InChI is InChI=1S/C18H20ClN3OS/c1-11-16(24-17(20-11)12-2-4-13(19)5-3-12)18(23)22-9-8-14-6-7-15(10-22)21-14/h2-5,14-15,21H,6-10H2,1H3. The lowest BCUT2D eigenvalue weighted by atomic mass is 10.1. The van der Waals surface area contributed by atoms with Gasteiger partial charge in [0.15, 0.2) is 0 Å². The van der Waals surface area contributed by atoms with Gasteiger partial charge in [-0.05, 0) is 38.3 Å². The number of aromatic nitrogens is 1. The van der Waals surface area contributed by atoms with Crippen molar-refractivity contribution < 1.29 is 4.79 Å². The fourth-order valence-corrected chi connectivity index (χ4v) is 4.75. The van der Waals surface area contributed by atoms with Crippen LogP contribution in [0.2, 0.25) is 5.02 Å². The second kappa shape index (κ2) is 6.47. The van der Waals surface area contributed by atoms with Gasteiger partial charge >= 0.3 is 0 Å². The number of benzene rings is 1. The molecule has 1 amide bonds. The Morgan fingerprint density at radius 1 is 1.25 bits per heavy atom. The molecule has 1 aromatic heterocycles. The molecule has 0 radical (unpaired) electrons. The van der Waals surface area contributed by atoms with Crippen molar-refractivity contribution in [2.24, 2.45) is 0 Å². The van der Waals surface area contributed by atoms with Gasteiger partial charge in [-0.25, -0.2) is 4.98 Å². The first-order chi connectivity index (χ1) is 11.6. The SMILES string of the molecule is Cc1nc(-c2ccc(Cl)cc2)sc1C(=O)N1CCC2CCC(C1)N2. The zero-order valence-electron chi connectivity index (χ0n) is 13.6. The fraction of sp³-hybridized carbons (Fsp3) is 0.444. The number of nitrogens with zero attached hydrogens (tertiary/aromatic N) is 2. The molecule has 3 heterocycles. The number of likely N-dealkylation sites (tertiary alicyclic amines) is 1. The Hall–Kier alpha value is -1.43. The van der Waals surface area contributed by atoms with E-state index in [0.717, 1.165) is 40.7 Å². The lowest BCUT2D eigenvalue weighted by Gasteiger charge is -2.23. The van der Waals surface area contributed by atoms with E-state index in [4.69, 9.17) is 11.6 Å². The van der Waals surface area contributed by atoms with Crippen LogP contribution in [-0.2, 0) is 0 Å². The number of carbonyl (C=O) groups excluding carboxylic acids is 1. The minimum atomic E-state index is 0.125. The maximum Gasteiger partial charge on any atom is 0.265 e. The first-order valence-corrected chi connectivity index (χ1v) is 9.58. The van der Waals surface area contributed by atoms with Gasteiger partial charge in [0.1, 0.15) is 9.88 Å². The van der Waals surface area contributed by atoms with Crippen molar-refractivity contribution in [1.82, 2.24) is 15.2 Å². The highest BCUT2D eigenvalue weighted by molar-refractivity contribution is 7.17. The Labute approximate surface area is 150 Å². The molecule has 2 saturated heterocycles. The van der Waals surface area contributed by atoms with Crippen LogP contribution in [0.15, 0.2) is 24.3 Å². The van der Waals surface area contributed by atoms with Crippen molar-refractivity contribution in [2.45, 2.75) is 38.3 Å². The third kappa shape index (κ3) is 3.08. The molecule has 2 aromatic rings. The predicted molar refractivity (Wildman–Crippen MR) is 97.8 cm³/mol. The van der Waals surface area contributed by atoms with Crippen molar-refractivity contribution in [3.63, 3.8) is 0 Å². The average molecular weight is 362 g/mol. The van der Waals surface area contributed by atoms with Gasteiger partial charge in [-0.2, -0.15) is 0 Å². The number of rotatable bonds is 2. The summed E-state index contributed by atoms with van der Waals surface area (Å²) in [6, 6.07) is 8.64. The van der Waals surface area contributed by atoms with Crippen LogP contribution in [0.3, 0.4) is 0 Å². The Bertz CT molecular complexity index is 758. The van der Waals surface area contributed by atoms with Crippen LogP contribution in [0, 0.1) is 6.92 Å². The van der Waals surface area contributed by atoms with Gasteiger partial charge in [0.25, 0.3) is 5.91 Å². The summed E-state index contributed by atoms with van der Waals surface area (Å²) in [5.74, 6) is 0.125. The molecule has 0 aliphatic carbocycles. The molecule has 2 aliphatic rings. The number of halogens is 1. The van der Waals surface area contributed by atoms with Crippen LogP contribution in [0.5, 0.6) is 0 Å². The van der Waals surface area contributed by atoms with E-state index in [0.29, 0.717) is 17.1 Å². The Kier molecular flexibility index (Phi) is 4.33. The summed E-state index contributed by atoms with van der Waals surface area (Å²) in [4.78, 5) is 20.4. The number of thiazole rings is 1. The van der Waals surface area contributed by atoms with E-state index in [1.54, 1.807) is 0 Å². The summed E-state index contributed by atoms with van der Waals surface area (Å²) in [6.07, 6.45) is 3.46. The molecule has 0 saturated carbocycles. The molecule has 2 aliphatic heterocycles. The third-order valence-corrected chi connectivity index (χ3v) is 6.34. The van der Waals surface area contributed by atoms with Gasteiger partial charge in [0.05, 0.1) is 5.69 Å². The van der Waals surface area contributed by atoms with E-state index in [9.17, 15) is 4.79 Å². The van der Waals surface area contributed by atoms with E-state index < -0.39 is 0 Å². The van der Waals surface area contributed by atoms with E-state index in [-0.39, 0.29) is 5.91 Å². The molecule has 6 heteroatoms. The highest BCUT2D eigenvalue weighted by Gasteiger charge is 2.32. The first kappa shape index (κ1) is 16.1. The van der Waals surface area contributed by atoms with Gasteiger partial charge in [0.2, 0.25) is 0 Å². The third-order valence-electron chi connectivity index (χ3n) is 4.89. The molecule has 2 fully saturated rings. The van der Waals surface area contributed by atoms with Crippen LogP contribution < -0.4 is 5.32 Å². The van der Waals surface area contributed by atoms with Crippen molar-refractivity contribution in [1.29, 1.82) is 0 Å². The van der Waals surface area contributed by atoms with Gasteiger partial charge < -0.3 is 10.2 Å².